The average molecular weight is 270 g/mol. The molecule has 2 nitrogen and oxygen atoms in total. The van der Waals surface area contributed by atoms with Crippen molar-refractivity contribution < 1.29 is 9.21 Å². The Hall–Kier alpha value is -1.83. The second-order valence-electron chi connectivity index (χ2n) is 6.45. The molecule has 0 radical (unpaired) electrons. The second-order valence-corrected chi connectivity index (χ2v) is 6.45. The summed E-state index contributed by atoms with van der Waals surface area (Å²) in [4.78, 5) is 12.2. The van der Waals surface area contributed by atoms with E-state index in [-0.39, 0.29) is 11.2 Å². The van der Waals surface area contributed by atoms with Crippen LogP contribution in [-0.2, 0) is 11.8 Å². The summed E-state index contributed by atoms with van der Waals surface area (Å²) in [6.07, 6.45) is 3.48. The minimum Gasteiger partial charge on any atom is -0.472 e. The van der Waals surface area contributed by atoms with Crippen molar-refractivity contribution in [2.24, 2.45) is 0 Å². The first-order valence-electron chi connectivity index (χ1n) is 6.95. The first-order valence-corrected chi connectivity index (χ1v) is 6.95. The largest absolute Gasteiger partial charge is 0.472 e. The molecule has 1 heterocycles. The zero-order valence-corrected chi connectivity index (χ0v) is 12.9. The molecular weight excluding hydrogens is 248 g/mol. The van der Waals surface area contributed by atoms with Crippen molar-refractivity contribution >= 4 is 5.78 Å². The van der Waals surface area contributed by atoms with E-state index in [1.807, 2.05) is 0 Å². The van der Waals surface area contributed by atoms with Gasteiger partial charge in [0, 0.05) is 6.42 Å². The molecule has 0 aliphatic rings. The Balaban J connectivity index is 2.32. The molecule has 0 spiro atoms. The average Bonchev–Trinajstić information content (AvgIpc) is 2.85. The molecule has 20 heavy (non-hydrogen) atoms. The Morgan fingerprint density at radius 1 is 1.15 bits per heavy atom. The van der Waals surface area contributed by atoms with Gasteiger partial charge in [-0.25, -0.2) is 0 Å². The molecule has 2 rings (SSSR count). The molecule has 1 aromatic carbocycles. The molecular formula is C18H22O2. The molecule has 106 valence electrons. The van der Waals surface area contributed by atoms with E-state index in [4.69, 9.17) is 4.42 Å². The Labute approximate surface area is 120 Å². The zero-order chi connectivity index (χ0) is 14.9. The smallest absolute Gasteiger partial charge is 0.170 e. The van der Waals surface area contributed by atoms with Crippen LogP contribution in [-0.4, -0.2) is 5.78 Å². The van der Waals surface area contributed by atoms with Gasteiger partial charge in [0.2, 0.25) is 0 Å². The highest BCUT2D eigenvalue weighted by atomic mass is 16.3. The summed E-state index contributed by atoms with van der Waals surface area (Å²) in [6, 6.07) is 6.12. The van der Waals surface area contributed by atoms with Crippen molar-refractivity contribution in [2.75, 3.05) is 0 Å². The summed E-state index contributed by atoms with van der Waals surface area (Å²) in [5.74, 6) is 0.105. The van der Waals surface area contributed by atoms with Crippen LogP contribution in [0.1, 0.15) is 53.4 Å². The molecule has 1 aromatic heterocycles. The predicted octanol–water partition coefficient (Wildman–Crippen LogP) is 4.62. The Morgan fingerprint density at radius 2 is 1.75 bits per heavy atom. The van der Waals surface area contributed by atoms with E-state index in [0.717, 1.165) is 5.56 Å². The first kappa shape index (κ1) is 14.6. The molecule has 0 aliphatic carbocycles. The fourth-order valence-corrected chi connectivity index (χ4v) is 2.39. The Morgan fingerprint density at radius 3 is 2.20 bits per heavy atom. The zero-order valence-electron chi connectivity index (χ0n) is 12.9. The number of aryl methyl sites for hydroxylation is 2. The molecule has 0 saturated heterocycles. The van der Waals surface area contributed by atoms with Crippen LogP contribution in [0.25, 0.3) is 0 Å². The molecule has 0 fully saturated rings. The van der Waals surface area contributed by atoms with Gasteiger partial charge in [0.25, 0.3) is 0 Å². The van der Waals surface area contributed by atoms with Gasteiger partial charge in [-0.3, -0.25) is 4.79 Å². The van der Waals surface area contributed by atoms with Crippen LogP contribution in [0.15, 0.2) is 35.1 Å². The van der Waals surface area contributed by atoms with Crippen molar-refractivity contribution in [1.82, 2.24) is 0 Å². The van der Waals surface area contributed by atoms with Gasteiger partial charge in [-0.1, -0.05) is 32.9 Å². The third kappa shape index (κ3) is 3.01. The van der Waals surface area contributed by atoms with Gasteiger partial charge in [-0.15, -0.1) is 0 Å². The van der Waals surface area contributed by atoms with E-state index in [1.165, 1.54) is 29.2 Å². The van der Waals surface area contributed by atoms with E-state index in [2.05, 4.69) is 46.8 Å². The lowest BCUT2D eigenvalue weighted by molar-refractivity contribution is 0.0992. The molecule has 0 atom stereocenters. The number of hydrogen-bond acceptors (Lipinski definition) is 2. The number of carbonyl (C=O) groups excluding carboxylic acids is 1. The monoisotopic (exact) mass is 270 g/mol. The predicted molar refractivity (Wildman–Crippen MR) is 81.4 cm³/mol. The lowest BCUT2D eigenvalue weighted by Gasteiger charge is -2.22. The normalized spacial score (nSPS) is 11.7. The SMILES string of the molecule is Cc1cc(C(C)(C)C)cc(C)c1CC(=O)c1ccoc1. The Bertz CT molecular complexity index is 590. The summed E-state index contributed by atoms with van der Waals surface area (Å²) >= 11 is 0. The lowest BCUT2D eigenvalue weighted by Crippen LogP contribution is -2.13. The molecule has 0 unspecified atom stereocenters. The highest BCUT2D eigenvalue weighted by molar-refractivity contribution is 5.97. The molecule has 0 aliphatic heterocycles. The van der Waals surface area contributed by atoms with Crippen molar-refractivity contribution in [3.8, 4) is 0 Å². The number of rotatable bonds is 3. The molecule has 0 amide bonds. The lowest BCUT2D eigenvalue weighted by atomic mass is 9.83. The summed E-state index contributed by atoms with van der Waals surface area (Å²) in [5.41, 5.74) is 5.58. The van der Waals surface area contributed by atoms with Crippen LogP contribution in [0.4, 0.5) is 0 Å². The van der Waals surface area contributed by atoms with Crippen molar-refractivity contribution in [3.05, 3.63) is 58.5 Å². The van der Waals surface area contributed by atoms with E-state index in [0.29, 0.717) is 12.0 Å². The van der Waals surface area contributed by atoms with Crippen molar-refractivity contribution in [1.29, 1.82) is 0 Å². The molecule has 0 N–H and O–H groups in total. The minimum absolute atomic E-state index is 0.105. The van der Waals surface area contributed by atoms with Crippen LogP contribution in [0.3, 0.4) is 0 Å². The fourth-order valence-electron chi connectivity index (χ4n) is 2.39. The number of carbonyl (C=O) groups is 1. The van der Waals surface area contributed by atoms with Gasteiger partial charge >= 0.3 is 0 Å². The van der Waals surface area contributed by atoms with Crippen molar-refractivity contribution in [3.63, 3.8) is 0 Å². The number of benzene rings is 1. The third-order valence-electron chi connectivity index (χ3n) is 3.74. The van der Waals surface area contributed by atoms with Gasteiger partial charge in [0.05, 0.1) is 11.8 Å². The summed E-state index contributed by atoms with van der Waals surface area (Å²) in [7, 11) is 0. The summed E-state index contributed by atoms with van der Waals surface area (Å²) in [5, 5.41) is 0. The van der Waals surface area contributed by atoms with E-state index in [9.17, 15) is 4.79 Å². The van der Waals surface area contributed by atoms with Crippen LogP contribution in [0.2, 0.25) is 0 Å². The van der Waals surface area contributed by atoms with Crippen LogP contribution < -0.4 is 0 Å². The van der Waals surface area contributed by atoms with Crippen LogP contribution >= 0.6 is 0 Å². The maximum Gasteiger partial charge on any atom is 0.170 e. The van der Waals surface area contributed by atoms with E-state index in [1.54, 1.807) is 6.07 Å². The quantitative estimate of drug-likeness (QED) is 0.762. The van der Waals surface area contributed by atoms with E-state index >= 15 is 0 Å². The summed E-state index contributed by atoms with van der Waals surface area (Å²) < 4.78 is 4.98. The topological polar surface area (TPSA) is 30.2 Å². The number of furan rings is 1. The maximum absolute atomic E-state index is 12.2. The highest BCUT2D eigenvalue weighted by Gasteiger charge is 2.18. The van der Waals surface area contributed by atoms with Gasteiger partial charge in [0.1, 0.15) is 6.26 Å². The van der Waals surface area contributed by atoms with Crippen molar-refractivity contribution in [2.45, 2.75) is 46.5 Å². The molecule has 2 aromatic rings. The standard InChI is InChI=1S/C18H22O2/c1-12-8-15(18(3,4)5)9-13(2)16(12)10-17(19)14-6-7-20-11-14/h6-9,11H,10H2,1-5H3. The number of hydrogen-bond donors (Lipinski definition) is 0. The number of ketones is 1. The highest BCUT2D eigenvalue weighted by Crippen LogP contribution is 2.27. The van der Waals surface area contributed by atoms with Crippen LogP contribution in [0.5, 0.6) is 0 Å². The van der Waals surface area contributed by atoms with Gasteiger partial charge in [0.15, 0.2) is 5.78 Å². The maximum atomic E-state index is 12.2. The second kappa shape index (κ2) is 5.28. The summed E-state index contributed by atoms with van der Waals surface area (Å²) in [6.45, 7) is 10.8. The van der Waals surface area contributed by atoms with Gasteiger partial charge < -0.3 is 4.42 Å². The van der Waals surface area contributed by atoms with Crippen LogP contribution in [0, 0.1) is 13.8 Å². The first-order chi connectivity index (χ1) is 9.29. The van der Waals surface area contributed by atoms with E-state index < -0.39 is 0 Å². The Kier molecular flexibility index (Phi) is 3.85. The number of Topliss-reactive ketones (excluding diaryl/α,β-unsaturated/α-hetero) is 1. The van der Waals surface area contributed by atoms with Gasteiger partial charge in [-0.05, 0) is 47.6 Å². The third-order valence-corrected chi connectivity index (χ3v) is 3.74. The molecule has 2 heteroatoms. The fraction of sp³-hybridized carbons (Fsp3) is 0.389. The van der Waals surface area contributed by atoms with Gasteiger partial charge in [-0.2, -0.15) is 0 Å². The minimum atomic E-state index is 0.105. The molecule has 0 bridgehead atoms. The molecule has 0 saturated carbocycles.